The predicted octanol–water partition coefficient (Wildman–Crippen LogP) is -1.68. The number of aliphatic hydroxyl groups is 6. The van der Waals surface area contributed by atoms with Crippen molar-refractivity contribution in [2.75, 3.05) is 24.7 Å². The second kappa shape index (κ2) is 10.8. The first-order valence-corrected chi connectivity index (χ1v) is 13.6. The summed E-state index contributed by atoms with van der Waals surface area (Å²) in [5.41, 5.74) is 10.8. The molecule has 0 aromatic carbocycles. The molecule has 8 atom stereocenters. The van der Waals surface area contributed by atoms with Crippen LogP contribution in [0.2, 0.25) is 0 Å². The summed E-state index contributed by atoms with van der Waals surface area (Å²) in [6, 6.07) is 5.18. The van der Waals surface area contributed by atoms with Crippen molar-refractivity contribution in [2.24, 2.45) is 0 Å². The van der Waals surface area contributed by atoms with E-state index in [4.69, 9.17) is 20.9 Å². The molecule has 0 spiro atoms. The molecule has 222 valence electrons. The predicted molar refractivity (Wildman–Crippen MR) is 150 cm³/mol. The minimum Gasteiger partial charge on any atom is -0.394 e. The van der Waals surface area contributed by atoms with E-state index in [0.29, 0.717) is 34.1 Å². The minimum absolute atomic E-state index is 0.308. The highest BCUT2D eigenvalue weighted by atomic mass is 127. The number of nitrogens with two attached hydrogens (primary N) is 2. The molecule has 17 heteroatoms. The number of halogens is 1. The molecule has 2 saturated heterocycles. The van der Waals surface area contributed by atoms with Crippen LogP contribution in [0, 0.1) is 3.57 Å². The highest BCUT2D eigenvalue weighted by molar-refractivity contribution is 14.1. The minimum atomic E-state index is -1.55. The first-order chi connectivity index (χ1) is 19.3. The molecule has 2 aliphatic rings. The van der Waals surface area contributed by atoms with E-state index in [1.807, 2.05) is 0 Å². The van der Waals surface area contributed by atoms with E-state index in [1.54, 1.807) is 18.2 Å². The standard InChI is InChI=1S/C12H15IN4O4.C12H16N4O4/c1-12(20)9(19)7(3-18)21-10(12)6-2-5(13)8-11(14)15-4-16-17(6)8;1-12(19)9(18)8(4-17)20-10(12)6-2-3-7-11(13)14-5-15-16(6)7/h2,4,7,9-10,18-20H,3H2,1H3,(H2,14,15,16);2-3,5,8-10,17-19H,4H2,1H3,(H2,13,14,15)/t7-,9-,10+,12-;8-,9-,10+,12-/m11/s1. The van der Waals surface area contributed by atoms with Crippen LogP contribution in [0.5, 0.6) is 0 Å². The molecule has 6 rings (SSSR count). The Hall–Kier alpha value is -2.75. The molecule has 41 heavy (non-hydrogen) atoms. The van der Waals surface area contributed by atoms with Gasteiger partial charge in [0.1, 0.15) is 71.5 Å². The molecule has 4 aromatic rings. The van der Waals surface area contributed by atoms with Crippen molar-refractivity contribution in [1.82, 2.24) is 29.2 Å². The molecule has 16 nitrogen and oxygen atoms in total. The van der Waals surface area contributed by atoms with Gasteiger partial charge in [0.05, 0.1) is 24.6 Å². The highest BCUT2D eigenvalue weighted by Gasteiger charge is 2.54. The van der Waals surface area contributed by atoms with Crippen molar-refractivity contribution in [2.45, 2.75) is 61.7 Å². The Labute approximate surface area is 246 Å². The van der Waals surface area contributed by atoms with Crippen LogP contribution in [-0.4, -0.2) is 109 Å². The van der Waals surface area contributed by atoms with Crippen LogP contribution in [0.25, 0.3) is 11.0 Å². The number of fused-ring (bicyclic) bond motifs is 2. The Morgan fingerprint density at radius 2 is 1.37 bits per heavy atom. The largest absolute Gasteiger partial charge is 0.394 e. The fourth-order valence-corrected chi connectivity index (χ4v) is 6.09. The quantitative estimate of drug-likeness (QED) is 0.112. The van der Waals surface area contributed by atoms with Crippen LogP contribution in [0.1, 0.15) is 37.4 Å². The summed E-state index contributed by atoms with van der Waals surface area (Å²) >= 11 is 2.09. The van der Waals surface area contributed by atoms with Gasteiger partial charge in [-0.3, -0.25) is 0 Å². The van der Waals surface area contributed by atoms with Crippen molar-refractivity contribution in [1.29, 1.82) is 0 Å². The molecular formula is C24H31IN8O8. The molecule has 0 bridgehead atoms. The number of nitrogen functional groups attached to an aromatic ring is 2. The summed E-state index contributed by atoms with van der Waals surface area (Å²) in [6.45, 7) is 2.16. The Kier molecular flexibility index (Phi) is 7.85. The van der Waals surface area contributed by atoms with Crippen LogP contribution in [0.3, 0.4) is 0 Å². The van der Waals surface area contributed by atoms with Crippen molar-refractivity contribution in [3.8, 4) is 0 Å². The van der Waals surface area contributed by atoms with Gasteiger partial charge >= 0.3 is 0 Å². The van der Waals surface area contributed by atoms with E-state index in [-0.39, 0.29) is 13.2 Å². The molecule has 2 fully saturated rings. The molecule has 0 unspecified atom stereocenters. The van der Waals surface area contributed by atoms with Gasteiger partial charge in [-0.25, -0.2) is 19.0 Å². The summed E-state index contributed by atoms with van der Waals surface area (Å²) in [5, 5.41) is 67.7. The fourth-order valence-electron chi connectivity index (χ4n) is 5.26. The molecular weight excluding hydrogens is 655 g/mol. The van der Waals surface area contributed by atoms with Crippen molar-refractivity contribution < 1.29 is 40.1 Å². The second-order valence-corrected chi connectivity index (χ2v) is 11.5. The SMILES string of the molecule is C[C@@]1(O)[C@H](O)[C@@H](CO)O[C@H]1c1cc(I)c2c(N)ncnn12.C[C@@]1(O)[C@H](O)[C@@H](CO)O[C@H]1c1ccc2c(N)ncnn12. The number of hydrogen-bond donors (Lipinski definition) is 8. The number of nitrogens with zero attached hydrogens (tertiary/aromatic N) is 6. The third-order valence-corrected chi connectivity index (χ3v) is 8.38. The van der Waals surface area contributed by atoms with Gasteiger partial charge in [0.15, 0.2) is 11.6 Å². The Morgan fingerprint density at radius 3 is 1.90 bits per heavy atom. The monoisotopic (exact) mass is 686 g/mol. The zero-order valence-electron chi connectivity index (χ0n) is 22.0. The maximum absolute atomic E-state index is 10.5. The number of anilines is 2. The lowest BCUT2D eigenvalue weighted by Crippen LogP contribution is -2.43. The lowest BCUT2D eigenvalue weighted by atomic mass is 9.91. The number of aliphatic hydroxyl groups excluding tert-OH is 4. The normalized spacial score (nSPS) is 33.4. The van der Waals surface area contributed by atoms with Gasteiger partial charge in [-0.2, -0.15) is 10.2 Å². The van der Waals surface area contributed by atoms with E-state index < -0.39 is 47.8 Å². The zero-order valence-corrected chi connectivity index (χ0v) is 24.1. The summed E-state index contributed by atoms with van der Waals surface area (Å²) < 4.78 is 15.0. The van der Waals surface area contributed by atoms with Crippen LogP contribution >= 0.6 is 22.6 Å². The van der Waals surface area contributed by atoms with E-state index in [9.17, 15) is 30.6 Å². The lowest BCUT2D eigenvalue weighted by molar-refractivity contribution is -0.0665. The van der Waals surface area contributed by atoms with Crippen LogP contribution in [0.4, 0.5) is 11.6 Å². The molecule has 0 radical (unpaired) electrons. The first-order valence-electron chi connectivity index (χ1n) is 12.5. The average molecular weight is 686 g/mol. The topological polar surface area (TPSA) is 252 Å². The Bertz CT molecular complexity index is 1560. The van der Waals surface area contributed by atoms with Crippen molar-refractivity contribution in [3.63, 3.8) is 0 Å². The van der Waals surface area contributed by atoms with Crippen LogP contribution < -0.4 is 11.5 Å². The molecule has 0 aliphatic carbocycles. The molecule has 0 saturated carbocycles. The molecule has 6 heterocycles. The van der Waals surface area contributed by atoms with Gasteiger partial charge in [-0.05, 0) is 54.6 Å². The van der Waals surface area contributed by atoms with Crippen LogP contribution in [-0.2, 0) is 9.47 Å². The third kappa shape index (κ3) is 4.79. The van der Waals surface area contributed by atoms with Gasteiger partial charge < -0.3 is 51.6 Å². The molecule has 2 aliphatic heterocycles. The van der Waals surface area contributed by atoms with E-state index in [2.05, 4.69) is 42.8 Å². The number of aromatic nitrogens is 6. The van der Waals surface area contributed by atoms with Gasteiger partial charge in [0.25, 0.3) is 0 Å². The fraction of sp³-hybridized carbons (Fsp3) is 0.500. The highest BCUT2D eigenvalue weighted by Crippen LogP contribution is 2.43. The lowest BCUT2D eigenvalue weighted by Gasteiger charge is -2.26. The molecule has 4 aromatic heterocycles. The van der Waals surface area contributed by atoms with E-state index in [0.717, 1.165) is 3.57 Å². The number of rotatable bonds is 4. The molecule has 10 N–H and O–H groups in total. The van der Waals surface area contributed by atoms with Gasteiger partial charge in [0.2, 0.25) is 0 Å². The van der Waals surface area contributed by atoms with Gasteiger partial charge in [-0.1, -0.05) is 0 Å². The van der Waals surface area contributed by atoms with Crippen molar-refractivity contribution >= 4 is 45.3 Å². The number of hydrogen-bond acceptors (Lipinski definition) is 14. The Balaban J connectivity index is 0.000000165. The zero-order chi connectivity index (χ0) is 29.9. The summed E-state index contributed by atoms with van der Waals surface area (Å²) in [5.74, 6) is 0.626. The average Bonchev–Trinajstić information content (AvgIpc) is 3.63. The molecule has 0 amide bonds. The van der Waals surface area contributed by atoms with Gasteiger partial charge in [0, 0.05) is 3.57 Å². The van der Waals surface area contributed by atoms with Crippen molar-refractivity contribution in [3.05, 3.63) is 45.8 Å². The summed E-state index contributed by atoms with van der Waals surface area (Å²) in [4.78, 5) is 7.82. The van der Waals surface area contributed by atoms with E-state index in [1.165, 1.54) is 35.5 Å². The summed E-state index contributed by atoms with van der Waals surface area (Å²) in [6.07, 6.45) is -3.15. The second-order valence-electron chi connectivity index (χ2n) is 10.3. The summed E-state index contributed by atoms with van der Waals surface area (Å²) in [7, 11) is 0. The van der Waals surface area contributed by atoms with Crippen LogP contribution in [0.15, 0.2) is 30.9 Å². The Morgan fingerprint density at radius 1 is 0.854 bits per heavy atom. The smallest absolute Gasteiger partial charge is 0.152 e. The maximum Gasteiger partial charge on any atom is 0.152 e. The van der Waals surface area contributed by atoms with E-state index >= 15 is 0 Å². The maximum atomic E-state index is 10.5. The number of ether oxygens (including phenoxy) is 2. The van der Waals surface area contributed by atoms with Gasteiger partial charge in [-0.15, -0.1) is 0 Å². The first kappa shape index (κ1) is 29.7. The third-order valence-electron chi connectivity index (χ3n) is 7.56.